The first-order chi connectivity index (χ1) is 8.87. The third-order valence-electron chi connectivity index (χ3n) is 2.86. The van der Waals surface area contributed by atoms with E-state index in [9.17, 15) is 18.0 Å². The van der Waals surface area contributed by atoms with E-state index in [-0.39, 0.29) is 6.42 Å². The summed E-state index contributed by atoms with van der Waals surface area (Å²) < 4.78 is 36.6. The number of nitrogens with zero attached hydrogens (tertiary/aromatic N) is 1. The van der Waals surface area contributed by atoms with E-state index in [4.69, 9.17) is 0 Å². The van der Waals surface area contributed by atoms with Crippen LogP contribution in [0.15, 0.2) is 30.5 Å². The van der Waals surface area contributed by atoms with Gasteiger partial charge >= 0.3 is 6.18 Å². The Balaban J connectivity index is 2.11. The quantitative estimate of drug-likeness (QED) is 0.914. The highest BCUT2D eigenvalue weighted by Gasteiger charge is 2.31. The lowest BCUT2D eigenvalue weighted by Crippen LogP contribution is -2.36. The van der Waals surface area contributed by atoms with Gasteiger partial charge < -0.3 is 9.88 Å². The van der Waals surface area contributed by atoms with Crippen molar-refractivity contribution in [1.29, 1.82) is 0 Å². The molecule has 0 bridgehead atoms. The smallest absolute Gasteiger partial charge is 0.361 e. The van der Waals surface area contributed by atoms with E-state index in [1.54, 1.807) is 6.20 Å². The standard InChI is InChI=1S/C13H13F3N2O/c1-18(8-13(14,15)16)12(19)6-9-7-17-11-5-3-2-4-10(9)11/h2-5,7,17H,6,8H2,1H3. The van der Waals surface area contributed by atoms with Crippen LogP contribution in [0.25, 0.3) is 10.9 Å². The molecule has 6 heteroatoms. The molecule has 3 nitrogen and oxygen atoms in total. The fourth-order valence-corrected chi connectivity index (χ4v) is 1.93. The summed E-state index contributed by atoms with van der Waals surface area (Å²) >= 11 is 0. The lowest BCUT2D eigenvalue weighted by Gasteiger charge is -2.18. The maximum absolute atomic E-state index is 12.2. The number of H-pyrrole nitrogens is 1. The maximum atomic E-state index is 12.2. The first-order valence-electron chi connectivity index (χ1n) is 5.72. The summed E-state index contributed by atoms with van der Waals surface area (Å²) in [6.45, 7) is -1.23. The number of hydrogen-bond donors (Lipinski definition) is 1. The van der Waals surface area contributed by atoms with Crippen molar-refractivity contribution < 1.29 is 18.0 Å². The van der Waals surface area contributed by atoms with Gasteiger partial charge in [-0.05, 0) is 11.6 Å². The second-order valence-corrected chi connectivity index (χ2v) is 4.40. The molecule has 0 unspecified atom stereocenters. The van der Waals surface area contributed by atoms with Gasteiger partial charge in [0, 0.05) is 24.1 Å². The largest absolute Gasteiger partial charge is 0.406 e. The van der Waals surface area contributed by atoms with Gasteiger partial charge in [0.15, 0.2) is 0 Å². The first kappa shape index (κ1) is 13.5. The van der Waals surface area contributed by atoms with E-state index in [1.807, 2.05) is 24.3 Å². The molecule has 1 aromatic heterocycles. The third kappa shape index (κ3) is 3.27. The number of rotatable bonds is 3. The lowest BCUT2D eigenvalue weighted by molar-refractivity contribution is -0.157. The Bertz CT molecular complexity index is 589. The SMILES string of the molecule is CN(CC(F)(F)F)C(=O)Cc1c[nH]c2ccccc12. The molecule has 0 saturated carbocycles. The second-order valence-electron chi connectivity index (χ2n) is 4.40. The van der Waals surface area contributed by atoms with Crippen LogP contribution in [0.2, 0.25) is 0 Å². The van der Waals surface area contributed by atoms with Crippen LogP contribution in [0, 0.1) is 0 Å². The highest BCUT2D eigenvalue weighted by molar-refractivity contribution is 5.88. The Morgan fingerprint density at radius 1 is 1.32 bits per heavy atom. The van der Waals surface area contributed by atoms with Crippen LogP contribution in [0.1, 0.15) is 5.56 Å². The minimum absolute atomic E-state index is 0.0450. The number of aromatic amines is 1. The number of amides is 1. The van der Waals surface area contributed by atoms with Gasteiger partial charge in [-0.3, -0.25) is 4.79 Å². The number of aromatic nitrogens is 1. The number of benzene rings is 1. The van der Waals surface area contributed by atoms with Crippen molar-refractivity contribution in [2.45, 2.75) is 12.6 Å². The van der Waals surface area contributed by atoms with Gasteiger partial charge in [-0.25, -0.2) is 0 Å². The number of para-hydroxylation sites is 1. The molecule has 0 radical (unpaired) electrons. The summed E-state index contributed by atoms with van der Waals surface area (Å²) in [5.41, 5.74) is 1.57. The van der Waals surface area contributed by atoms with Crippen molar-refractivity contribution in [3.8, 4) is 0 Å². The number of hydrogen-bond acceptors (Lipinski definition) is 1. The molecule has 0 aliphatic heterocycles. The molecule has 102 valence electrons. The number of carbonyl (C=O) groups is 1. The Morgan fingerprint density at radius 3 is 2.68 bits per heavy atom. The molecule has 0 atom stereocenters. The highest BCUT2D eigenvalue weighted by atomic mass is 19.4. The predicted molar refractivity (Wildman–Crippen MR) is 65.7 cm³/mol. The highest BCUT2D eigenvalue weighted by Crippen LogP contribution is 2.20. The first-order valence-corrected chi connectivity index (χ1v) is 5.72. The van der Waals surface area contributed by atoms with E-state index >= 15 is 0 Å². The fraction of sp³-hybridized carbons (Fsp3) is 0.308. The molecule has 0 aliphatic carbocycles. The van der Waals surface area contributed by atoms with E-state index in [0.29, 0.717) is 10.5 Å². The summed E-state index contributed by atoms with van der Waals surface area (Å²) in [6.07, 6.45) is -2.76. The molecule has 0 aliphatic rings. The molecule has 0 saturated heterocycles. The van der Waals surface area contributed by atoms with Crippen molar-refractivity contribution in [3.63, 3.8) is 0 Å². The van der Waals surface area contributed by atoms with E-state index in [2.05, 4.69) is 4.98 Å². The molecule has 1 N–H and O–H groups in total. The number of halogens is 3. The minimum atomic E-state index is -4.37. The number of nitrogens with one attached hydrogen (secondary N) is 1. The van der Waals surface area contributed by atoms with Crippen molar-refractivity contribution in [2.24, 2.45) is 0 Å². The van der Waals surface area contributed by atoms with Gasteiger partial charge in [0.05, 0.1) is 6.42 Å². The molecule has 2 rings (SSSR count). The van der Waals surface area contributed by atoms with E-state index < -0.39 is 18.6 Å². The summed E-state index contributed by atoms with van der Waals surface area (Å²) in [7, 11) is 1.16. The zero-order valence-electron chi connectivity index (χ0n) is 10.3. The molecular weight excluding hydrogens is 257 g/mol. The lowest BCUT2D eigenvalue weighted by atomic mass is 10.1. The Morgan fingerprint density at radius 2 is 2.00 bits per heavy atom. The Kier molecular flexibility index (Phi) is 3.50. The van der Waals surface area contributed by atoms with Crippen LogP contribution in [-0.2, 0) is 11.2 Å². The molecule has 2 aromatic rings. The van der Waals surface area contributed by atoms with Crippen molar-refractivity contribution in [3.05, 3.63) is 36.0 Å². The fourth-order valence-electron chi connectivity index (χ4n) is 1.93. The predicted octanol–water partition coefficient (Wildman–Crippen LogP) is 2.73. The normalized spacial score (nSPS) is 11.8. The van der Waals surface area contributed by atoms with Crippen LogP contribution < -0.4 is 0 Å². The summed E-state index contributed by atoms with van der Waals surface area (Å²) in [5.74, 6) is -0.554. The summed E-state index contributed by atoms with van der Waals surface area (Å²) in [6, 6.07) is 7.35. The van der Waals surface area contributed by atoms with Gasteiger partial charge in [-0.15, -0.1) is 0 Å². The molecule has 1 heterocycles. The van der Waals surface area contributed by atoms with Crippen molar-refractivity contribution in [2.75, 3.05) is 13.6 Å². The number of likely N-dealkylation sites (N-methyl/N-ethyl adjacent to an activating group) is 1. The minimum Gasteiger partial charge on any atom is -0.361 e. The monoisotopic (exact) mass is 270 g/mol. The topological polar surface area (TPSA) is 36.1 Å². The van der Waals surface area contributed by atoms with Gasteiger partial charge in [-0.2, -0.15) is 13.2 Å². The van der Waals surface area contributed by atoms with Gasteiger partial charge in [0.2, 0.25) is 5.91 Å². The molecule has 0 spiro atoms. The summed E-state index contributed by atoms with van der Waals surface area (Å²) in [5, 5.41) is 0.858. The van der Waals surface area contributed by atoms with Crippen LogP contribution in [0.4, 0.5) is 13.2 Å². The van der Waals surface area contributed by atoms with Gasteiger partial charge in [-0.1, -0.05) is 18.2 Å². The van der Waals surface area contributed by atoms with Crippen LogP contribution in [0.3, 0.4) is 0 Å². The average molecular weight is 270 g/mol. The zero-order valence-corrected chi connectivity index (χ0v) is 10.3. The maximum Gasteiger partial charge on any atom is 0.406 e. The molecule has 1 aromatic carbocycles. The molecular formula is C13H13F3N2O. The summed E-state index contributed by atoms with van der Waals surface area (Å²) in [4.78, 5) is 15.4. The van der Waals surface area contributed by atoms with Gasteiger partial charge in [0.1, 0.15) is 6.54 Å². The van der Waals surface area contributed by atoms with Gasteiger partial charge in [0.25, 0.3) is 0 Å². The number of carbonyl (C=O) groups excluding carboxylic acids is 1. The second kappa shape index (κ2) is 4.95. The van der Waals surface area contributed by atoms with Crippen LogP contribution in [-0.4, -0.2) is 35.6 Å². The number of alkyl halides is 3. The van der Waals surface area contributed by atoms with Crippen molar-refractivity contribution in [1.82, 2.24) is 9.88 Å². The van der Waals surface area contributed by atoms with E-state index in [0.717, 1.165) is 18.0 Å². The number of fused-ring (bicyclic) bond motifs is 1. The van der Waals surface area contributed by atoms with Crippen LogP contribution >= 0.6 is 0 Å². The average Bonchev–Trinajstić information content (AvgIpc) is 2.70. The van der Waals surface area contributed by atoms with E-state index in [1.165, 1.54) is 0 Å². The Hall–Kier alpha value is -1.98. The Labute approximate surface area is 108 Å². The zero-order chi connectivity index (χ0) is 14.0. The third-order valence-corrected chi connectivity index (χ3v) is 2.86. The molecule has 1 amide bonds. The molecule has 0 fully saturated rings. The van der Waals surface area contributed by atoms with Crippen LogP contribution in [0.5, 0.6) is 0 Å². The van der Waals surface area contributed by atoms with Crippen molar-refractivity contribution >= 4 is 16.8 Å². The molecule has 19 heavy (non-hydrogen) atoms.